The van der Waals surface area contributed by atoms with Gasteiger partial charge < -0.3 is 20.3 Å². The van der Waals surface area contributed by atoms with Crippen LogP contribution < -0.4 is 10.6 Å². The number of hydrogen-bond acceptors (Lipinski definition) is 4. The molecule has 2 aliphatic rings. The molecule has 6 nitrogen and oxygen atoms in total. The van der Waals surface area contributed by atoms with Gasteiger partial charge in [-0.15, -0.1) is 24.0 Å². The van der Waals surface area contributed by atoms with Crippen molar-refractivity contribution in [3.63, 3.8) is 0 Å². The zero-order chi connectivity index (χ0) is 19.5. The van der Waals surface area contributed by atoms with E-state index >= 15 is 0 Å². The molecule has 0 saturated carbocycles. The Morgan fingerprint density at radius 3 is 2.50 bits per heavy atom. The summed E-state index contributed by atoms with van der Waals surface area (Å²) >= 11 is 0. The number of rotatable bonds is 9. The molecule has 0 aromatic rings. The normalized spacial score (nSPS) is 22.9. The topological polar surface area (TPSA) is 52.1 Å². The number of halogens is 1. The fraction of sp³-hybridized carbons (Fsp3) is 0.952. The smallest absolute Gasteiger partial charge is 0.191 e. The Labute approximate surface area is 190 Å². The van der Waals surface area contributed by atoms with Gasteiger partial charge in [-0.2, -0.15) is 0 Å². The standard InChI is InChI=1S/C21H43N5O.HI/c1-5-9-25-10-7-19(8-11-25)14-23-21(22-6-2)24-15-20-17-26(12-13-27-20)16-18(3)4;/h18-20H,5-17H2,1-4H3,(H2,22,23,24);1H. The summed E-state index contributed by atoms with van der Waals surface area (Å²) in [4.78, 5) is 9.98. The average Bonchev–Trinajstić information content (AvgIpc) is 2.65. The maximum absolute atomic E-state index is 5.96. The van der Waals surface area contributed by atoms with E-state index in [1.54, 1.807) is 0 Å². The minimum atomic E-state index is 0. The second-order valence-corrected chi connectivity index (χ2v) is 8.53. The van der Waals surface area contributed by atoms with Gasteiger partial charge in [0, 0.05) is 39.3 Å². The van der Waals surface area contributed by atoms with Crippen molar-refractivity contribution in [1.29, 1.82) is 0 Å². The first-order valence-corrected chi connectivity index (χ1v) is 11.2. The molecule has 2 aliphatic heterocycles. The minimum Gasteiger partial charge on any atom is -0.374 e. The van der Waals surface area contributed by atoms with E-state index in [0.717, 1.165) is 57.8 Å². The number of piperidine rings is 1. The molecular formula is C21H44IN5O. The summed E-state index contributed by atoms with van der Waals surface area (Å²) in [6.45, 7) is 19.4. The second kappa shape index (κ2) is 14.8. The van der Waals surface area contributed by atoms with Gasteiger partial charge in [0.1, 0.15) is 0 Å². The van der Waals surface area contributed by atoms with E-state index in [4.69, 9.17) is 9.73 Å². The number of nitrogens with zero attached hydrogens (tertiary/aromatic N) is 3. The van der Waals surface area contributed by atoms with Crippen LogP contribution in [0.1, 0.15) is 47.0 Å². The Bertz CT molecular complexity index is 427. The van der Waals surface area contributed by atoms with Gasteiger partial charge in [-0.25, -0.2) is 0 Å². The van der Waals surface area contributed by atoms with Gasteiger partial charge in [-0.05, 0) is 57.7 Å². The molecule has 7 heteroatoms. The van der Waals surface area contributed by atoms with E-state index in [1.807, 2.05) is 0 Å². The molecule has 2 saturated heterocycles. The summed E-state index contributed by atoms with van der Waals surface area (Å²) in [6, 6.07) is 0. The maximum atomic E-state index is 5.96. The van der Waals surface area contributed by atoms with E-state index in [9.17, 15) is 0 Å². The van der Waals surface area contributed by atoms with Gasteiger partial charge >= 0.3 is 0 Å². The first kappa shape index (κ1) is 25.9. The molecule has 0 bridgehead atoms. The Morgan fingerprint density at radius 2 is 1.86 bits per heavy atom. The molecule has 0 amide bonds. The first-order valence-electron chi connectivity index (χ1n) is 11.2. The van der Waals surface area contributed by atoms with Crippen molar-refractivity contribution in [3.8, 4) is 0 Å². The summed E-state index contributed by atoms with van der Waals surface area (Å²) in [6.07, 6.45) is 4.06. The van der Waals surface area contributed by atoms with Crippen LogP contribution in [0.4, 0.5) is 0 Å². The minimum absolute atomic E-state index is 0. The maximum Gasteiger partial charge on any atom is 0.191 e. The molecule has 0 aromatic heterocycles. The van der Waals surface area contributed by atoms with Crippen LogP contribution in [0.25, 0.3) is 0 Å². The molecule has 1 unspecified atom stereocenters. The summed E-state index contributed by atoms with van der Waals surface area (Å²) in [5, 5.41) is 6.90. The van der Waals surface area contributed by atoms with Crippen molar-refractivity contribution < 1.29 is 4.74 Å². The van der Waals surface area contributed by atoms with Crippen LogP contribution in [-0.2, 0) is 4.74 Å². The molecule has 0 spiro atoms. The van der Waals surface area contributed by atoms with Gasteiger partial charge in [-0.1, -0.05) is 20.8 Å². The Hall–Kier alpha value is -0.120. The molecule has 2 heterocycles. The van der Waals surface area contributed by atoms with Crippen LogP contribution in [-0.4, -0.2) is 87.4 Å². The second-order valence-electron chi connectivity index (χ2n) is 8.53. The largest absolute Gasteiger partial charge is 0.374 e. The summed E-state index contributed by atoms with van der Waals surface area (Å²) in [7, 11) is 0. The van der Waals surface area contributed by atoms with Gasteiger partial charge in [-0.3, -0.25) is 9.89 Å². The molecule has 2 N–H and O–H groups in total. The molecule has 0 radical (unpaired) electrons. The fourth-order valence-corrected chi connectivity index (χ4v) is 4.07. The Balaban J connectivity index is 0.00000392. The van der Waals surface area contributed by atoms with Gasteiger partial charge in [0.25, 0.3) is 0 Å². The van der Waals surface area contributed by atoms with Crippen molar-refractivity contribution in [2.45, 2.75) is 53.1 Å². The van der Waals surface area contributed by atoms with Gasteiger partial charge in [0.05, 0.1) is 12.7 Å². The molecule has 2 fully saturated rings. The number of hydrogen-bond donors (Lipinski definition) is 2. The lowest BCUT2D eigenvalue weighted by Crippen LogP contribution is -2.50. The van der Waals surface area contributed by atoms with Crippen LogP contribution in [0, 0.1) is 11.8 Å². The third-order valence-electron chi connectivity index (χ3n) is 5.44. The number of ether oxygens (including phenoxy) is 1. The number of aliphatic imine (C=N–C) groups is 1. The van der Waals surface area contributed by atoms with E-state index in [0.29, 0.717) is 5.92 Å². The zero-order valence-electron chi connectivity index (χ0n) is 18.6. The number of nitrogens with one attached hydrogen (secondary N) is 2. The van der Waals surface area contributed by atoms with Crippen LogP contribution >= 0.6 is 24.0 Å². The van der Waals surface area contributed by atoms with E-state index in [1.165, 1.54) is 38.9 Å². The number of likely N-dealkylation sites (tertiary alicyclic amines) is 1. The van der Waals surface area contributed by atoms with Gasteiger partial charge in [0.2, 0.25) is 0 Å². The van der Waals surface area contributed by atoms with Crippen molar-refractivity contribution in [2.75, 3.05) is 65.5 Å². The van der Waals surface area contributed by atoms with E-state index < -0.39 is 0 Å². The molecule has 166 valence electrons. The zero-order valence-corrected chi connectivity index (χ0v) is 20.9. The van der Waals surface area contributed by atoms with E-state index in [2.05, 4.69) is 48.1 Å². The summed E-state index contributed by atoms with van der Waals surface area (Å²) < 4.78 is 5.96. The van der Waals surface area contributed by atoms with Crippen molar-refractivity contribution >= 4 is 29.9 Å². The molecule has 1 atom stereocenters. The van der Waals surface area contributed by atoms with Crippen molar-refractivity contribution in [2.24, 2.45) is 16.8 Å². The van der Waals surface area contributed by atoms with Crippen LogP contribution in [0.15, 0.2) is 4.99 Å². The summed E-state index contributed by atoms with van der Waals surface area (Å²) in [5.41, 5.74) is 0. The van der Waals surface area contributed by atoms with Crippen LogP contribution in [0.2, 0.25) is 0 Å². The third-order valence-corrected chi connectivity index (χ3v) is 5.44. The molecular weight excluding hydrogens is 465 g/mol. The lowest BCUT2D eigenvalue weighted by Gasteiger charge is -2.34. The van der Waals surface area contributed by atoms with Crippen molar-refractivity contribution in [1.82, 2.24) is 20.4 Å². The highest BCUT2D eigenvalue weighted by atomic mass is 127. The number of guanidine groups is 1. The highest BCUT2D eigenvalue weighted by Gasteiger charge is 2.21. The third kappa shape index (κ3) is 10.1. The predicted molar refractivity (Wildman–Crippen MR) is 130 cm³/mol. The first-order chi connectivity index (χ1) is 13.1. The lowest BCUT2D eigenvalue weighted by atomic mass is 9.97. The molecule has 0 aliphatic carbocycles. The van der Waals surface area contributed by atoms with Gasteiger partial charge in [0.15, 0.2) is 5.96 Å². The molecule has 28 heavy (non-hydrogen) atoms. The SMILES string of the molecule is CCCN1CCC(CN=C(NCC)NCC2CN(CC(C)C)CCO2)CC1.I. The quantitative estimate of drug-likeness (QED) is 0.285. The predicted octanol–water partition coefficient (Wildman–Crippen LogP) is 2.64. The summed E-state index contributed by atoms with van der Waals surface area (Å²) in [5.74, 6) is 2.37. The Kier molecular flexibility index (Phi) is 13.7. The highest BCUT2D eigenvalue weighted by molar-refractivity contribution is 14.0. The van der Waals surface area contributed by atoms with E-state index in [-0.39, 0.29) is 30.1 Å². The average molecular weight is 510 g/mol. The van der Waals surface area contributed by atoms with Crippen LogP contribution in [0.3, 0.4) is 0 Å². The lowest BCUT2D eigenvalue weighted by molar-refractivity contribution is -0.0284. The monoisotopic (exact) mass is 509 g/mol. The highest BCUT2D eigenvalue weighted by Crippen LogP contribution is 2.17. The van der Waals surface area contributed by atoms with Crippen LogP contribution in [0.5, 0.6) is 0 Å². The molecule has 0 aromatic carbocycles. The van der Waals surface area contributed by atoms with Crippen molar-refractivity contribution in [3.05, 3.63) is 0 Å². The number of morpholine rings is 1. The Morgan fingerprint density at radius 1 is 1.11 bits per heavy atom. The molecule has 2 rings (SSSR count). The fourth-order valence-electron chi connectivity index (χ4n) is 4.07.